The fourth-order valence-corrected chi connectivity index (χ4v) is 4.61. The summed E-state index contributed by atoms with van der Waals surface area (Å²) in [5.41, 5.74) is 4.72. The number of phenols is 1. The van der Waals surface area contributed by atoms with Gasteiger partial charge in [-0.1, -0.05) is 25.1 Å². The van der Waals surface area contributed by atoms with Crippen LogP contribution in [-0.4, -0.2) is 48.4 Å². The highest BCUT2D eigenvalue weighted by Crippen LogP contribution is 2.29. The van der Waals surface area contributed by atoms with E-state index in [1.165, 1.54) is 23.5 Å². The molecule has 3 unspecified atom stereocenters. The zero-order valence-electron chi connectivity index (χ0n) is 19.7. The number of aliphatic hydroxyl groups is 1. The van der Waals surface area contributed by atoms with Crippen molar-refractivity contribution < 1.29 is 23.4 Å². The summed E-state index contributed by atoms with van der Waals surface area (Å²) in [7, 11) is -3.57. The number of hydrogen-bond donors (Lipinski definition) is 5. The molecule has 0 spiro atoms. The maximum Gasteiger partial charge on any atom is 0.230 e. The monoisotopic (exact) mass is 518 g/mol. The number of sulfonamides is 1. The van der Waals surface area contributed by atoms with Crippen LogP contribution in [0.15, 0.2) is 53.4 Å². The van der Waals surface area contributed by atoms with Crippen LogP contribution < -0.4 is 15.4 Å². The number of thiazole rings is 1. The van der Waals surface area contributed by atoms with Crippen LogP contribution in [0, 0.1) is 0 Å². The molecule has 11 heteroatoms. The predicted molar refractivity (Wildman–Crippen MR) is 138 cm³/mol. The molecule has 0 aliphatic rings. The summed E-state index contributed by atoms with van der Waals surface area (Å²) in [6.45, 7) is 4.46. The van der Waals surface area contributed by atoms with Gasteiger partial charge in [-0.05, 0) is 48.2 Å². The van der Waals surface area contributed by atoms with Crippen LogP contribution in [0.3, 0.4) is 0 Å². The molecule has 3 aromatic rings. The SMILES string of the molecule is CC(CNC(C)C(O)c1ccc(O)c(NS(C)(=O)=O)c1)c1ccc(NC(=O)Cc2cscn2)cc1. The average molecular weight is 519 g/mol. The van der Waals surface area contributed by atoms with Crippen molar-refractivity contribution >= 4 is 38.6 Å². The highest BCUT2D eigenvalue weighted by atomic mass is 32.2. The Balaban J connectivity index is 1.53. The van der Waals surface area contributed by atoms with Gasteiger partial charge in [0.1, 0.15) is 5.75 Å². The second-order valence-corrected chi connectivity index (χ2v) is 11.0. The quantitative estimate of drug-likeness (QED) is 0.246. The Morgan fingerprint density at radius 3 is 2.43 bits per heavy atom. The Bertz CT molecular complexity index is 1230. The fourth-order valence-electron chi connectivity index (χ4n) is 3.49. The number of carbonyl (C=O) groups is 1. The topological polar surface area (TPSA) is 141 Å². The minimum absolute atomic E-state index is 0.0170. The minimum Gasteiger partial charge on any atom is -0.506 e. The largest absolute Gasteiger partial charge is 0.506 e. The molecule has 0 aliphatic heterocycles. The number of nitrogens with one attached hydrogen (secondary N) is 3. The highest BCUT2D eigenvalue weighted by molar-refractivity contribution is 7.92. The Kier molecular flexibility index (Phi) is 8.84. The fraction of sp³-hybridized carbons (Fsp3) is 0.333. The normalized spacial score (nSPS) is 14.2. The van der Waals surface area contributed by atoms with Gasteiger partial charge in [0.15, 0.2) is 0 Å². The van der Waals surface area contributed by atoms with E-state index < -0.39 is 16.1 Å². The van der Waals surface area contributed by atoms with Crippen molar-refractivity contribution in [2.45, 2.75) is 38.3 Å². The van der Waals surface area contributed by atoms with Gasteiger partial charge in [-0.2, -0.15) is 0 Å². The molecule has 1 aromatic heterocycles. The number of benzene rings is 2. The summed E-state index contributed by atoms with van der Waals surface area (Å²) in [6.07, 6.45) is 0.307. The third-order valence-corrected chi connectivity index (χ3v) is 6.69. The van der Waals surface area contributed by atoms with Crippen LogP contribution >= 0.6 is 11.3 Å². The van der Waals surface area contributed by atoms with Crippen molar-refractivity contribution in [1.82, 2.24) is 10.3 Å². The molecule has 0 bridgehead atoms. The van der Waals surface area contributed by atoms with E-state index in [1.54, 1.807) is 11.6 Å². The van der Waals surface area contributed by atoms with Crippen LogP contribution in [-0.2, 0) is 21.2 Å². The van der Waals surface area contributed by atoms with Crippen molar-refractivity contribution in [1.29, 1.82) is 0 Å². The zero-order chi connectivity index (χ0) is 25.6. The molecular weight excluding hydrogens is 488 g/mol. The van der Waals surface area contributed by atoms with Crippen LogP contribution in [0.25, 0.3) is 0 Å². The summed E-state index contributed by atoms with van der Waals surface area (Å²) >= 11 is 1.46. The van der Waals surface area contributed by atoms with Gasteiger partial charge in [0.2, 0.25) is 15.9 Å². The smallest absolute Gasteiger partial charge is 0.230 e. The first-order valence-corrected chi connectivity index (χ1v) is 13.8. The molecule has 2 aromatic carbocycles. The molecule has 0 fully saturated rings. The van der Waals surface area contributed by atoms with E-state index >= 15 is 0 Å². The van der Waals surface area contributed by atoms with Gasteiger partial charge in [0.25, 0.3) is 0 Å². The molecule has 35 heavy (non-hydrogen) atoms. The Hall–Kier alpha value is -2.99. The van der Waals surface area contributed by atoms with Crippen LogP contribution in [0.4, 0.5) is 11.4 Å². The van der Waals surface area contributed by atoms with Crippen LogP contribution in [0.5, 0.6) is 5.75 Å². The molecule has 5 N–H and O–H groups in total. The molecular formula is C24H30N4O5S2. The lowest BCUT2D eigenvalue weighted by Gasteiger charge is -2.23. The van der Waals surface area contributed by atoms with E-state index in [-0.39, 0.29) is 35.7 Å². The number of amides is 1. The second kappa shape index (κ2) is 11.6. The van der Waals surface area contributed by atoms with Crippen molar-refractivity contribution in [2.24, 2.45) is 0 Å². The average Bonchev–Trinajstić information content (AvgIpc) is 3.30. The van der Waals surface area contributed by atoms with Crippen molar-refractivity contribution in [3.05, 3.63) is 70.2 Å². The van der Waals surface area contributed by atoms with Gasteiger partial charge < -0.3 is 20.8 Å². The van der Waals surface area contributed by atoms with Gasteiger partial charge in [0.05, 0.1) is 35.7 Å². The molecule has 1 amide bonds. The Labute approximate surface area is 209 Å². The number of rotatable bonds is 11. The van der Waals surface area contributed by atoms with E-state index in [4.69, 9.17) is 0 Å². The van der Waals surface area contributed by atoms with Crippen molar-refractivity contribution in [2.75, 3.05) is 22.8 Å². The van der Waals surface area contributed by atoms with E-state index in [0.717, 1.165) is 17.5 Å². The van der Waals surface area contributed by atoms with E-state index in [1.807, 2.05) is 36.6 Å². The lowest BCUT2D eigenvalue weighted by atomic mass is 9.98. The van der Waals surface area contributed by atoms with Crippen LogP contribution in [0.1, 0.15) is 42.7 Å². The lowest BCUT2D eigenvalue weighted by Crippen LogP contribution is -2.34. The van der Waals surface area contributed by atoms with E-state index in [2.05, 4.69) is 27.3 Å². The number of aromatic hydroxyl groups is 1. The maximum absolute atomic E-state index is 12.1. The van der Waals surface area contributed by atoms with Crippen LogP contribution in [0.2, 0.25) is 0 Å². The molecule has 0 saturated carbocycles. The summed E-state index contributed by atoms with van der Waals surface area (Å²) in [5, 5.41) is 28.7. The standard InChI is InChI=1S/C24H30N4O5S2/c1-15(17-4-7-19(8-5-17)27-23(30)11-20-13-34-14-26-20)12-25-16(2)24(31)18-6-9-22(29)21(10-18)28-35(3,32)33/h4-10,13-16,24-25,28-29,31H,11-12H2,1-3H3,(H,27,30). The minimum atomic E-state index is -3.57. The first-order valence-electron chi connectivity index (χ1n) is 11.0. The number of phenolic OH excluding ortho intramolecular Hbond substituents is 1. The number of hydrogen-bond acceptors (Lipinski definition) is 8. The van der Waals surface area contributed by atoms with E-state index in [0.29, 0.717) is 17.8 Å². The van der Waals surface area contributed by atoms with E-state index in [9.17, 15) is 23.4 Å². The molecule has 0 saturated heterocycles. The second-order valence-electron chi connectivity index (χ2n) is 8.52. The summed E-state index contributed by atoms with van der Waals surface area (Å²) in [4.78, 5) is 16.3. The Morgan fingerprint density at radius 1 is 1.11 bits per heavy atom. The number of carbonyl (C=O) groups excluding carboxylic acids is 1. The molecule has 3 rings (SSSR count). The number of anilines is 2. The number of nitrogens with zero attached hydrogens (tertiary/aromatic N) is 1. The Morgan fingerprint density at radius 2 is 1.80 bits per heavy atom. The number of aromatic nitrogens is 1. The molecule has 0 aliphatic carbocycles. The summed E-state index contributed by atoms with van der Waals surface area (Å²) < 4.78 is 25.2. The summed E-state index contributed by atoms with van der Waals surface area (Å²) in [6, 6.07) is 11.6. The van der Waals surface area contributed by atoms with Gasteiger partial charge in [-0.15, -0.1) is 11.3 Å². The highest BCUT2D eigenvalue weighted by Gasteiger charge is 2.19. The molecule has 3 atom stereocenters. The van der Waals surface area contributed by atoms with Gasteiger partial charge in [-0.25, -0.2) is 13.4 Å². The van der Waals surface area contributed by atoms with Gasteiger partial charge >= 0.3 is 0 Å². The summed E-state index contributed by atoms with van der Waals surface area (Å²) in [5.74, 6) is -0.208. The predicted octanol–water partition coefficient (Wildman–Crippen LogP) is 3.22. The third kappa shape index (κ3) is 8.03. The maximum atomic E-state index is 12.1. The molecule has 0 radical (unpaired) electrons. The molecule has 9 nitrogen and oxygen atoms in total. The lowest BCUT2D eigenvalue weighted by molar-refractivity contribution is -0.115. The van der Waals surface area contributed by atoms with Gasteiger partial charge in [-0.3, -0.25) is 9.52 Å². The number of aliphatic hydroxyl groups excluding tert-OH is 1. The third-order valence-electron chi connectivity index (χ3n) is 5.47. The first-order chi connectivity index (χ1) is 16.5. The molecule has 1 heterocycles. The van der Waals surface area contributed by atoms with Crippen molar-refractivity contribution in [3.8, 4) is 5.75 Å². The van der Waals surface area contributed by atoms with Crippen molar-refractivity contribution in [3.63, 3.8) is 0 Å². The first kappa shape index (κ1) is 26.6. The van der Waals surface area contributed by atoms with Gasteiger partial charge in [0, 0.05) is 23.7 Å². The molecule has 188 valence electrons. The zero-order valence-corrected chi connectivity index (χ0v) is 21.4.